The van der Waals surface area contributed by atoms with Crippen molar-refractivity contribution in [2.45, 2.75) is 6.54 Å². The summed E-state index contributed by atoms with van der Waals surface area (Å²) in [4.78, 5) is 19.0. The fourth-order valence-electron chi connectivity index (χ4n) is 2.63. The topological polar surface area (TPSA) is 86.5 Å². The normalized spacial score (nSPS) is 10.9. The first-order valence-corrected chi connectivity index (χ1v) is 7.72. The lowest BCUT2D eigenvalue weighted by Crippen LogP contribution is -2.24. The summed E-state index contributed by atoms with van der Waals surface area (Å²) in [6.07, 6.45) is 1.39. The molecular weight excluding hydrogens is 321 g/mol. The summed E-state index contributed by atoms with van der Waals surface area (Å²) >= 11 is 0. The van der Waals surface area contributed by atoms with Crippen molar-refractivity contribution in [2.24, 2.45) is 0 Å². The SMILES string of the molecule is O=C(NCc1cc(-c2ccccc2)n[nH]1)c1ccc2[nH]cnc2c1F. The van der Waals surface area contributed by atoms with Crippen molar-refractivity contribution >= 4 is 16.9 Å². The monoisotopic (exact) mass is 335 g/mol. The molecule has 0 saturated heterocycles. The molecule has 25 heavy (non-hydrogen) atoms. The minimum atomic E-state index is -0.633. The number of aromatic amines is 2. The van der Waals surface area contributed by atoms with Crippen LogP contribution < -0.4 is 5.32 Å². The Morgan fingerprint density at radius 1 is 1.16 bits per heavy atom. The molecule has 0 aliphatic carbocycles. The number of imidazole rings is 1. The number of carbonyl (C=O) groups is 1. The zero-order valence-electron chi connectivity index (χ0n) is 13.1. The Balaban J connectivity index is 1.48. The highest BCUT2D eigenvalue weighted by Gasteiger charge is 2.16. The van der Waals surface area contributed by atoms with Gasteiger partial charge in [-0.15, -0.1) is 0 Å². The van der Waals surface area contributed by atoms with Gasteiger partial charge in [0.25, 0.3) is 5.91 Å². The molecule has 0 aliphatic heterocycles. The summed E-state index contributed by atoms with van der Waals surface area (Å²) in [5, 5.41) is 9.79. The number of nitrogens with zero attached hydrogens (tertiary/aromatic N) is 2. The van der Waals surface area contributed by atoms with Crippen LogP contribution in [0.3, 0.4) is 0 Å². The van der Waals surface area contributed by atoms with E-state index in [1.54, 1.807) is 6.07 Å². The molecule has 0 atom stereocenters. The molecule has 4 aromatic rings. The van der Waals surface area contributed by atoms with Gasteiger partial charge in [-0.3, -0.25) is 9.89 Å². The maximum Gasteiger partial charge on any atom is 0.254 e. The predicted octanol–water partition coefficient (Wildman–Crippen LogP) is 3.02. The summed E-state index contributed by atoms with van der Waals surface area (Å²) in [5.74, 6) is -1.14. The second-order valence-corrected chi connectivity index (χ2v) is 5.55. The Hall–Kier alpha value is -3.48. The largest absolute Gasteiger partial charge is 0.346 e. The van der Waals surface area contributed by atoms with Crippen LogP contribution in [0.2, 0.25) is 0 Å². The van der Waals surface area contributed by atoms with Gasteiger partial charge in [-0.25, -0.2) is 9.37 Å². The first-order valence-electron chi connectivity index (χ1n) is 7.72. The average molecular weight is 335 g/mol. The van der Waals surface area contributed by atoms with Crippen LogP contribution in [0.1, 0.15) is 16.1 Å². The van der Waals surface area contributed by atoms with Gasteiger partial charge in [0.1, 0.15) is 5.52 Å². The first kappa shape index (κ1) is 15.1. The van der Waals surface area contributed by atoms with Gasteiger partial charge in [-0.1, -0.05) is 30.3 Å². The third kappa shape index (κ3) is 2.87. The summed E-state index contributed by atoms with van der Waals surface area (Å²) in [6.45, 7) is 0.219. The van der Waals surface area contributed by atoms with Crippen LogP contribution in [0.5, 0.6) is 0 Å². The fraction of sp³-hybridized carbons (Fsp3) is 0.0556. The number of carbonyl (C=O) groups excluding carboxylic acids is 1. The number of fused-ring (bicyclic) bond motifs is 1. The lowest BCUT2D eigenvalue weighted by atomic mass is 10.1. The zero-order valence-corrected chi connectivity index (χ0v) is 13.1. The van der Waals surface area contributed by atoms with E-state index in [4.69, 9.17) is 0 Å². The van der Waals surface area contributed by atoms with Gasteiger partial charge < -0.3 is 10.3 Å². The van der Waals surface area contributed by atoms with E-state index in [9.17, 15) is 9.18 Å². The van der Waals surface area contributed by atoms with Crippen LogP contribution in [0.25, 0.3) is 22.3 Å². The number of H-pyrrole nitrogens is 2. The standard InChI is InChI=1S/C18H14FN5O/c19-16-13(6-7-14-17(16)22-10-21-14)18(25)20-9-12-8-15(24-23-12)11-4-2-1-3-5-11/h1-8,10H,9H2,(H,20,25)(H,21,22)(H,23,24). The molecule has 0 saturated carbocycles. The van der Waals surface area contributed by atoms with Crippen molar-refractivity contribution < 1.29 is 9.18 Å². The number of nitrogens with one attached hydrogen (secondary N) is 3. The van der Waals surface area contributed by atoms with Crippen LogP contribution in [-0.4, -0.2) is 26.1 Å². The minimum absolute atomic E-state index is 0.0394. The number of benzene rings is 2. The number of rotatable bonds is 4. The average Bonchev–Trinajstić information content (AvgIpc) is 3.30. The van der Waals surface area contributed by atoms with Crippen LogP contribution in [0.15, 0.2) is 54.9 Å². The molecule has 2 aromatic heterocycles. The lowest BCUT2D eigenvalue weighted by Gasteiger charge is -2.05. The van der Waals surface area contributed by atoms with E-state index >= 15 is 0 Å². The molecule has 0 bridgehead atoms. The molecular formula is C18H14FN5O. The Morgan fingerprint density at radius 3 is 2.84 bits per heavy atom. The van der Waals surface area contributed by atoms with Crippen LogP contribution >= 0.6 is 0 Å². The van der Waals surface area contributed by atoms with Crippen molar-refractivity contribution in [3.05, 3.63) is 71.9 Å². The van der Waals surface area contributed by atoms with Gasteiger partial charge in [-0.2, -0.15) is 5.10 Å². The Labute approximate surface area is 142 Å². The van der Waals surface area contributed by atoms with Gasteiger partial charge in [0.15, 0.2) is 5.82 Å². The van der Waals surface area contributed by atoms with Crippen LogP contribution in [0.4, 0.5) is 4.39 Å². The highest BCUT2D eigenvalue weighted by atomic mass is 19.1. The Bertz CT molecular complexity index is 1040. The maximum atomic E-state index is 14.3. The van der Waals surface area contributed by atoms with Crippen molar-refractivity contribution in [3.63, 3.8) is 0 Å². The molecule has 6 nitrogen and oxygen atoms in total. The van der Waals surface area contributed by atoms with Gasteiger partial charge in [0.05, 0.1) is 35.3 Å². The van der Waals surface area contributed by atoms with E-state index in [-0.39, 0.29) is 17.6 Å². The molecule has 4 rings (SSSR count). The number of amides is 1. The van der Waals surface area contributed by atoms with Gasteiger partial charge in [0, 0.05) is 5.56 Å². The molecule has 0 unspecified atom stereocenters. The van der Waals surface area contributed by atoms with E-state index in [2.05, 4.69) is 25.5 Å². The first-order chi connectivity index (χ1) is 12.2. The van der Waals surface area contributed by atoms with E-state index in [1.165, 1.54) is 12.4 Å². The van der Waals surface area contributed by atoms with E-state index < -0.39 is 11.7 Å². The predicted molar refractivity (Wildman–Crippen MR) is 91.2 cm³/mol. The third-order valence-electron chi connectivity index (χ3n) is 3.91. The lowest BCUT2D eigenvalue weighted by molar-refractivity contribution is 0.0946. The second kappa shape index (κ2) is 6.20. The van der Waals surface area contributed by atoms with Crippen molar-refractivity contribution in [2.75, 3.05) is 0 Å². The minimum Gasteiger partial charge on any atom is -0.346 e. The maximum absolute atomic E-state index is 14.3. The van der Waals surface area contributed by atoms with Crippen LogP contribution in [0, 0.1) is 5.82 Å². The zero-order chi connectivity index (χ0) is 17.2. The Kier molecular flexibility index (Phi) is 3.74. The quantitative estimate of drug-likeness (QED) is 0.536. The van der Waals surface area contributed by atoms with Crippen LogP contribution in [-0.2, 0) is 6.54 Å². The molecule has 0 radical (unpaired) electrons. The highest BCUT2D eigenvalue weighted by Crippen LogP contribution is 2.19. The summed E-state index contributed by atoms with van der Waals surface area (Å²) in [6, 6.07) is 14.6. The molecule has 0 fully saturated rings. The summed E-state index contributed by atoms with van der Waals surface area (Å²) in [7, 11) is 0. The molecule has 0 aliphatic rings. The van der Waals surface area contributed by atoms with E-state index in [0.717, 1.165) is 17.0 Å². The number of halogens is 1. The molecule has 2 aromatic carbocycles. The molecule has 1 amide bonds. The fourth-order valence-corrected chi connectivity index (χ4v) is 2.63. The van der Waals surface area contributed by atoms with Crippen molar-refractivity contribution in [1.82, 2.24) is 25.5 Å². The molecule has 124 valence electrons. The summed E-state index contributed by atoms with van der Waals surface area (Å²) in [5.41, 5.74) is 3.16. The Morgan fingerprint density at radius 2 is 2.00 bits per heavy atom. The molecule has 3 N–H and O–H groups in total. The summed E-state index contributed by atoms with van der Waals surface area (Å²) < 4.78 is 14.3. The van der Waals surface area contributed by atoms with Gasteiger partial charge in [-0.05, 0) is 18.2 Å². The number of hydrogen-bond donors (Lipinski definition) is 3. The molecule has 0 spiro atoms. The second-order valence-electron chi connectivity index (χ2n) is 5.55. The molecule has 2 heterocycles. The van der Waals surface area contributed by atoms with Gasteiger partial charge in [0.2, 0.25) is 0 Å². The smallest absolute Gasteiger partial charge is 0.254 e. The molecule has 7 heteroatoms. The van der Waals surface area contributed by atoms with E-state index in [0.29, 0.717) is 5.52 Å². The number of aromatic nitrogens is 4. The highest BCUT2D eigenvalue weighted by molar-refractivity contribution is 5.97. The third-order valence-corrected chi connectivity index (χ3v) is 3.91. The number of hydrogen-bond acceptors (Lipinski definition) is 3. The van der Waals surface area contributed by atoms with Crippen molar-refractivity contribution in [1.29, 1.82) is 0 Å². The van der Waals surface area contributed by atoms with E-state index in [1.807, 2.05) is 36.4 Å². The van der Waals surface area contributed by atoms with Gasteiger partial charge >= 0.3 is 0 Å². The van der Waals surface area contributed by atoms with Crippen molar-refractivity contribution in [3.8, 4) is 11.3 Å².